The zero-order chi connectivity index (χ0) is 10.6. The topological polar surface area (TPSA) is 21.3 Å². The van der Waals surface area contributed by atoms with Crippen LogP contribution in [-0.4, -0.2) is 13.7 Å². The van der Waals surface area contributed by atoms with E-state index in [-0.39, 0.29) is 5.75 Å². The van der Waals surface area contributed by atoms with Crippen molar-refractivity contribution in [3.05, 3.63) is 29.3 Å². The molecule has 4 heteroatoms. The van der Waals surface area contributed by atoms with E-state index in [1.807, 2.05) is 6.07 Å². The summed E-state index contributed by atoms with van der Waals surface area (Å²) >= 11 is 0. The summed E-state index contributed by atoms with van der Waals surface area (Å²) in [4.78, 5) is 0. The molecule has 0 atom stereocenters. The van der Waals surface area contributed by atoms with Gasteiger partial charge in [0, 0.05) is 12.1 Å². The molecular weight excluding hydrogens is 188 g/mol. The minimum absolute atomic E-state index is 0.275. The monoisotopic (exact) mass is 201 g/mol. The molecule has 0 aliphatic carbocycles. The molecule has 1 rings (SSSR count). The number of hydrogen-bond donors (Lipinski definition) is 1. The molecule has 0 amide bonds. The van der Waals surface area contributed by atoms with Gasteiger partial charge in [0.25, 0.3) is 0 Å². The Balaban J connectivity index is 2.96. The molecule has 1 aromatic carbocycles. The second-order valence-corrected chi connectivity index (χ2v) is 2.97. The van der Waals surface area contributed by atoms with E-state index in [0.717, 1.165) is 11.1 Å². The summed E-state index contributed by atoms with van der Waals surface area (Å²) in [5, 5.41) is 2.90. The van der Waals surface area contributed by atoms with Gasteiger partial charge in [-0.2, -0.15) is 8.78 Å². The highest BCUT2D eigenvalue weighted by Gasteiger charge is 2.11. The minimum atomic E-state index is -2.77. The average molecular weight is 201 g/mol. The summed E-state index contributed by atoms with van der Waals surface area (Å²) in [6.45, 7) is -0.507. The molecule has 0 aliphatic rings. The van der Waals surface area contributed by atoms with E-state index in [9.17, 15) is 8.78 Å². The third-order valence-electron chi connectivity index (χ3n) is 1.87. The second-order valence-electron chi connectivity index (χ2n) is 2.97. The van der Waals surface area contributed by atoms with Gasteiger partial charge in [0.15, 0.2) is 0 Å². The van der Waals surface area contributed by atoms with Crippen molar-refractivity contribution in [3.8, 4) is 5.75 Å². The van der Waals surface area contributed by atoms with E-state index in [1.165, 1.54) is 0 Å². The van der Waals surface area contributed by atoms with Gasteiger partial charge in [-0.1, -0.05) is 18.2 Å². The number of benzene rings is 1. The fourth-order valence-corrected chi connectivity index (χ4v) is 1.30. The Morgan fingerprint density at radius 3 is 2.71 bits per heavy atom. The van der Waals surface area contributed by atoms with Gasteiger partial charge in [0.2, 0.25) is 0 Å². The number of hydrogen-bond acceptors (Lipinski definition) is 2. The van der Waals surface area contributed by atoms with Crippen LogP contribution in [0.15, 0.2) is 18.2 Å². The molecule has 0 aliphatic heterocycles. The van der Waals surface area contributed by atoms with Crippen LogP contribution in [0, 0.1) is 6.92 Å². The van der Waals surface area contributed by atoms with Crippen LogP contribution in [0.3, 0.4) is 0 Å². The van der Waals surface area contributed by atoms with E-state index in [1.54, 1.807) is 26.1 Å². The van der Waals surface area contributed by atoms with Gasteiger partial charge in [0.1, 0.15) is 5.75 Å². The van der Waals surface area contributed by atoms with Gasteiger partial charge >= 0.3 is 6.61 Å². The lowest BCUT2D eigenvalue weighted by molar-refractivity contribution is -0.0509. The van der Waals surface area contributed by atoms with E-state index in [2.05, 4.69) is 10.1 Å². The maximum Gasteiger partial charge on any atom is 0.387 e. The van der Waals surface area contributed by atoms with Gasteiger partial charge < -0.3 is 10.1 Å². The van der Waals surface area contributed by atoms with E-state index in [0.29, 0.717) is 6.54 Å². The number of ether oxygens (including phenoxy) is 1. The Morgan fingerprint density at radius 1 is 1.43 bits per heavy atom. The smallest absolute Gasteiger partial charge is 0.387 e. The standard InChI is InChI=1S/C10H13F2NO/c1-7-4-3-5-8(6-13-2)9(7)14-10(11)12/h3-5,10,13H,6H2,1-2H3. The van der Waals surface area contributed by atoms with Crippen LogP contribution in [0.2, 0.25) is 0 Å². The van der Waals surface area contributed by atoms with E-state index >= 15 is 0 Å². The van der Waals surface area contributed by atoms with Gasteiger partial charge in [-0.25, -0.2) is 0 Å². The summed E-state index contributed by atoms with van der Waals surface area (Å²) in [6, 6.07) is 5.33. The van der Waals surface area contributed by atoms with Crippen molar-refractivity contribution in [2.75, 3.05) is 7.05 Å². The number of rotatable bonds is 4. The molecule has 0 saturated carbocycles. The highest BCUT2D eigenvalue weighted by Crippen LogP contribution is 2.24. The van der Waals surface area contributed by atoms with Crippen LogP contribution in [-0.2, 0) is 6.54 Å². The first kappa shape index (κ1) is 10.9. The maximum absolute atomic E-state index is 12.1. The number of para-hydroxylation sites is 1. The first-order valence-electron chi connectivity index (χ1n) is 4.33. The molecule has 2 nitrogen and oxygen atoms in total. The van der Waals surface area contributed by atoms with Crippen molar-refractivity contribution in [2.45, 2.75) is 20.1 Å². The zero-order valence-electron chi connectivity index (χ0n) is 8.18. The van der Waals surface area contributed by atoms with Crippen LogP contribution >= 0.6 is 0 Å². The lowest BCUT2D eigenvalue weighted by atomic mass is 10.1. The molecule has 1 aromatic rings. The van der Waals surface area contributed by atoms with Gasteiger partial charge in [-0.05, 0) is 19.5 Å². The average Bonchev–Trinajstić information content (AvgIpc) is 2.11. The molecule has 14 heavy (non-hydrogen) atoms. The molecule has 0 aromatic heterocycles. The van der Waals surface area contributed by atoms with Crippen molar-refractivity contribution in [1.82, 2.24) is 5.32 Å². The number of halogens is 2. The maximum atomic E-state index is 12.1. The molecule has 0 heterocycles. The highest BCUT2D eigenvalue weighted by molar-refractivity contribution is 5.40. The van der Waals surface area contributed by atoms with Crippen molar-refractivity contribution in [1.29, 1.82) is 0 Å². The highest BCUT2D eigenvalue weighted by atomic mass is 19.3. The number of nitrogens with one attached hydrogen (secondary N) is 1. The van der Waals surface area contributed by atoms with Crippen molar-refractivity contribution in [3.63, 3.8) is 0 Å². The summed E-state index contributed by atoms with van der Waals surface area (Å²) in [5.74, 6) is 0.275. The van der Waals surface area contributed by atoms with Crippen LogP contribution < -0.4 is 10.1 Å². The Kier molecular flexibility index (Phi) is 3.83. The molecule has 0 saturated heterocycles. The first-order chi connectivity index (χ1) is 6.65. The molecule has 0 bridgehead atoms. The Labute approximate surface area is 81.9 Å². The first-order valence-corrected chi connectivity index (χ1v) is 4.33. The van der Waals surface area contributed by atoms with Gasteiger partial charge in [-0.15, -0.1) is 0 Å². The Morgan fingerprint density at radius 2 is 2.14 bits per heavy atom. The van der Waals surface area contributed by atoms with E-state index < -0.39 is 6.61 Å². The van der Waals surface area contributed by atoms with Gasteiger partial charge in [0.05, 0.1) is 0 Å². The lowest BCUT2D eigenvalue weighted by Gasteiger charge is -2.12. The summed E-state index contributed by atoms with van der Waals surface area (Å²) in [5.41, 5.74) is 1.46. The SMILES string of the molecule is CNCc1cccc(C)c1OC(F)F. The molecule has 0 unspecified atom stereocenters. The number of alkyl halides is 2. The van der Waals surface area contributed by atoms with Crippen LogP contribution in [0.25, 0.3) is 0 Å². The molecular formula is C10H13F2NO. The molecule has 78 valence electrons. The zero-order valence-corrected chi connectivity index (χ0v) is 8.18. The minimum Gasteiger partial charge on any atom is -0.434 e. The van der Waals surface area contributed by atoms with E-state index in [4.69, 9.17) is 0 Å². The second kappa shape index (κ2) is 4.91. The molecule has 0 radical (unpaired) electrons. The molecule has 1 N–H and O–H groups in total. The van der Waals surface area contributed by atoms with Crippen LogP contribution in [0.5, 0.6) is 5.75 Å². The Hall–Kier alpha value is -1.16. The third kappa shape index (κ3) is 2.67. The predicted octanol–water partition coefficient (Wildman–Crippen LogP) is 2.32. The lowest BCUT2D eigenvalue weighted by Crippen LogP contribution is -2.10. The van der Waals surface area contributed by atoms with Crippen molar-refractivity contribution < 1.29 is 13.5 Å². The molecule has 0 fully saturated rings. The number of aryl methyl sites for hydroxylation is 1. The van der Waals surface area contributed by atoms with Crippen LogP contribution in [0.4, 0.5) is 8.78 Å². The normalized spacial score (nSPS) is 10.6. The largest absolute Gasteiger partial charge is 0.434 e. The third-order valence-corrected chi connectivity index (χ3v) is 1.87. The predicted molar refractivity (Wildman–Crippen MR) is 50.6 cm³/mol. The molecule has 0 spiro atoms. The Bertz CT molecular complexity index is 302. The summed E-state index contributed by atoms with van der Waals surface area (Å²) in [6.07, 6.45) is 0. The fraction of sp³-hybridized carbons (Fsp3) is 0.400. The fourth-order valence-electron chi connectivity index (χ4n) is 1.30. The van der Waals surface area contributed by atoms with Gasteiger partial charge in [-0.3, -0.25) is 0 Å². The summed E-state index contributed by atoms with van der Waals surface area (Å²) < 4.78 is 28.6. The quantitative estimate of drug-likeness (QED) is 0.807. The van der Waals surface area contributed by atoms with Crippen LogP contribution in [0.1, 0.15) is 11.1 Å². The summed E-state index contributed by atoms with van der Waals surface area (Å²) in [7, 11) is 1.76. The van der Waals surface area contributed by atoms with Crippen molar-refractivity contribution in [2.24, 2.45) is 0 Å². The van der Waals surface area contributed by atoms with Crippen molar-refractivity contribution >= 4 is 0 Å².